The second-order valence-corrected chi connectivity index (χ2v) is 4.48. The van der Waals surface area contributed by atoms with Crippen molar-refractivity contribution in [2.75, 3.05) is 7.05 Å². The molecule has 0 radical (unpaired) electrons. The zero-order valence-electron chi connectivity index (χ0n) is 9.23. The van der Waals surface area contributed by atoms with Crippen LogP contribution in [0.2, 0.25) is 0 Å². The van der Waals surface area contributed by atoms with Crippen molar-refractivity contribution in [1.82, 2.24) is 9.88 Å². The van der Waals surface area contributed by atoms with E-state index in [2.05, 4.69) is 4.98 Å². The van der Waals surface area contributed by atoms with E-state index in [1.807, 2.05) is 25.8 Å². The monoisotopic (exact) mass is 228 g/mol. The van der Waals surface area contributed by atoms with Gasteiger partial charge in [0.2, 0.25) is 0 Å². The van der Waals surface area contributed by atoms with E-state index in [9.17, 15) is 4.79 Å². The molecule has 0 amide bonds. The van der Waals surface area contributed by atoms with Gasteiger partial charge in [-0.1, -0.05) is 6.92 Å². The Morgan fingerprint density at radius 1 is 1.73 bits per heavy atom. The first-order chi connectivity index (χ1) is 7.06. The van der Waals surface area contributed by atoms with Gasteiger partial charge in [-0.2, -0.15) is 0 Å². The number of rotatable bonds is 5. The van der Waals surface area contributed by atoms with Gasteiger partial charge in [0.05, 0.1) is 11.2 Å². The summed E-state index contributed by atoms with van der Waals surface area (Å²) in [6, 6.07) is -0.411. The van der Waals surface area contributed by atoms with E-state index in [4.69, 9.17) is 5.11 Å². The van der Waals surface area contributed by atoms with Crippen molar-refractivity contribution in [3.8, 4) is 0 Å². The quantitative estimate of drug-likeness (QED) is 0.834. The fourth-order valence-corrected chi connectivity index (χ4v) is 2.33. The van der Waals surface area contributed by atoms with Gasteiger partial charge >= 0.3 is 5.97 Å². The van der Waals surface area contributed by atoms with Crippen molar-refractivity contribution >= 4 is 17.3 Å². The third-order valence-corrected chi connectivity index (χ3v) is 3.36. The first-order valence-electron chi connectivity index (χ1n) is 4.88. The Hall–Kier alpha value is -0.940. The summed E-state index contributed by atoms with van der Waals surface area (Å²) in [6.45, 7) is 4.48. The molecule has 1 N–H and O–H groups in total. The molecule has 1 heterocycles. The number of carboxylic acids is 1. The normalized spacial score (nSPS) is 13.1. The number of thiazole rings is 1. The molecule has 5 heteroatoms. The van der Waals surface area contributed by atoms with Crippen LogP contribution >= 0.6 is 11.3 Å². The molecule has 0 aliphatic heterocycles. The second-order valence-electron chi connectivity index (χ2n) is 3.54. The summed E-state index contributed by atoms with van der Waals surface area (Å²) in [5, 5.41) is 8.99. The van der Waals surface area contributed by atoms with Crippen LogP contribution in [0.4, 0.5) is 0 Å². The molecule has 15 heavy (non-hydrogen) atoms. The Balaban J connectivity index is 2.66. The lowest BCUT2D eigenvalue weighted by atomic mass is 10.2. The summed E-state index contributed by atoms with van der Waals surface area (Å²) in [5.74, 6) is -0.762. The van der Waals surface area contributed by atoms with Crippen LogP contribution in [0.1, 0.15) is 23.9 Å². The van der Waals surface area contributed by atoms with Gasteiger partial charge in [-0.25, -0.2) is 4.98 Å². The van der Waals surface area contributed by atoms with E-state index >= 15 is 0 Å². The number of aromatic nitrogens is 1. The lowest BCUT2D eigenvalue weighted by molar-refractivity contribution is -0.143. The molecule has 1 rings (SSSR count). The summed E-state index contributed by atoms with van der Waals surface area (Å²) < 4.78 is 0. The highest BCUT2D eigenvalue weighted by atomic mass is 32.1. The Labute approximate surface area is 93.6 Å². The number of aliphatic carboxylic acids is 1. The first kappa shape index (κ1) is 12.1. The third kappa shape index (κ3) is 3.00. The average molecular weight is 228 g/mol. The van der Waals surface area contributed by atoms with Crippen molar-refractivity contribution in [2.24, 2.45) is 0 Å². The predicted molar refractivity (Wildman–Crippen MR) is 60.0 cm³/mol. The number of hydrogen-bond acceptors (Lipinski definition) is 4. The van der Waals surface area contributed by atoms with Gasteiger partial charge in [0.25, 0.3) is 0 Å². The highest BCUT2D eigenvalue weighted by molar-refractivity contribution is 7.09. The summed E-state index contributed by atoms with van der Waals surface area (Å²) in [4.78, 5) is 18.1. The molecule has 0 aliphatic rings. The van der Waals surface area contributed by atoms with E-state index in [0.29, 0.717) is 13.0 Å². The molecule has 1 atom stereocenters. The number of carbonyl (C=O) groups is 1. The minimum absolute atomic E-state index is 0.411. The van der Waals surface area contributed by atoms with Gasteiger partial charge in [0, 0.05) is 11.4 Å². The van der Waals surface area contributed by atoms with Crippen LogP contribution in [-0.2, 0) is 11.3 Å². The zero-order chi connectivity index (χ0) is 11.4. The minimum Gasteiger partial charge on any atom is -0.480 e. The molecule has 1 aromatic rings. The fraction of sp³-hybridized carbons (Fsp3) is 0.600. The largest absolute Gasteiger partial charge is 0.480 e. The number of nitrogens with zero attached hydrogens (tertiary/aromatic N) is 2. The SMILES string of the molecule is CCC(C(=O)O)N(C)Cc1scnc1C. The maximum atomic E-state index is 10.9. The van der Waals surface area contributed by atoms with Crippen molar-refractivity contribution < 1.29 is 9.90 Å². The van der Waals surface area contributed by atoms with Gasteiger partial charge in [0.15, 0.2) is 0 Å². The summed E-state index contributed by atoms with van der Waals surface area (Å²) in [5.41, 5.74) is 2.78. The van der Waals surface area contributed by atoms with Crippen LogP contribution in [0.15, 0.2) is 5.51 Å². The van der Waals surface area contributed by atoms with E-state index < -0.39 is 12.0 Å². The number of likely N-dealkylation sites (N-methyl/N-ethyl adjacent to an activating group) is 1. The first-order valence-corrected chi connectivity index (χ1v) is 5.76. The molecular formula is C10H16N2O2S. The van der Waals surface area contributed by atoms with Crippen LogP contribution < -0.4 is 0 Å². The standard InChI is InChI=1S/C10H16N2O2S/c1-4-8(10(13)14)12(3)5-9-7(2)11-6-15-9/h6,8H,4-5H2,1-3H3,(H,13,14). The van der Waals surface area contributed by atoms with Gasteiger partial charge in [-0.3, -0.25) is 9.69 Å². The number of hydrogen-bond donors (Lipinski definition) is 1. The molecular weight excluding hydrogens is 212 g/mol. The van der Waals surface area contributed by atoms with Crippen molar-refractivity contribution in [2.45, 2.75) is 32.9 Å². The maximum absolute atomic E-state index is 10.9. The predicted octanol–water partition coefficient (Wildman–Crippen LogP) is 1.75. The fourth-order valence-electron chi connectivity index (χ4n) is 1.49. The highest BCUT2D eigenvalue weighted by Crippen LogP contribution is 2.16. The van der Waals surface area contributed by atoms with Gasteiger partial charge in [-0.05, 0) is 20.4 Å². The van der Waals surface area contributed by atoms with Gasteiger partial charge in [0.1, 0.15) is 6.04 Å². The van der Waals surface area contributed by atoms with Crippen molar-refractivity contribution in [1.29, 1.82) is 0 Å². The van der Waals surface area contributed by atoms with E-state index in [-0.39, 0.29) is 0 Å². The lowest BCUT2D eigenvalue weighted by Crippen LogP contribution is -2.37. The Morgan fingerprint density at radius 3 is 2.80 bits per heavy atom. The molecule has 0 saturated heterocycles. The summed E-state index contributed by atoms with van der Waals surface area (Å²) >= 11 is 1.57. The van der Waals surface area contributed by atoms with E-state index in [1.165, 1.54) is 0 Å². The van der Waals surface area contributed by atoms with Crippen LogP contribution in [0.5, 0.6) is 0 Å². The third-order valence-electron chi connectivity index (χ3n) is 2.44. The summed E-state index contributed by atoms with van der Waals surface area (Å²) in [7, 11) is 1.83. The smallest absolute Gasteiger partial charge is 0.320 e. The Morgan fingerprint density at radius 2 is 2.40 bits per heavy atom. The molecule has 0 saturated carbocycles. The minimum atomic E-state index is -0.762. The van der Waals surface area contributed by atoms with Crippen LogP contribution in [-0.4, -0.2) is 34.0 Å². The number of aryl methyl sites for hydroxylation is 1. The van der Waals surface area contributed by atoms with Gasteiger partial charge < -0.3 is 5.11 Å². The maximum Gasteiger partial charge on any atom is 0.320 e. The molecule has 4 nitrogen and oxygen atoms in total. The van der Waals surface area contributed by atoms with Crippen molar-refractivity contribution in [3.05, 3.63) is 16.1 Å². The second kappa shape index (κ2) is 5.23. The molecule has 0 fully saturated rings. The van der Waals surface area contributed by atoms with E-state index in [0.717, 1.165) is 10.6 Å². The molecule has 0 bridgehead atoms. The molecule has 0 spiro atoms. The number of carboxylic acid groups (broad SMARTS) is 1. The average Bonchev–Trinajstić information content (AvgIpc) is 2.52. The van der Waals surface area contributed by atoms with Crippen LogP contribution in [0.3, 0.4) is 0 Å². The van der Waals surface area contributed by atoms with E-state index in [1.54, 1.807) is 16.8 Å². The van der Waals surface area contributed by atoms with Gasteiger partial charge in [-0.15, -0.1) is 11.3 Å². The van der Waals surface area contributed by atoms with Crippen LogP contribution in [0.25, 0.3) is 0 Å². The van der Waals surface area contributed by atoms with Crippen molar-refractivity contribution in [3.63, 3.8) is 0 Å². The zero-order valence-corrected chi connectivity index (χ0v) is 10.0. The highest BCUT2D eigenvalue weighted by Gasteiger charge is 2.21. The topological polar surface area (TPSA) is 53.4 Å². The molecule has 0 aromatic carbocycles. The summed E-state index contributed by atoms with van der Waals surface area (Å²) in [6.07, 6.45) is 0.615. The lowest BCUT2D eigenvalue weighted by Gasteiger charge is -2.22. The molecule has 1 unspecified atom stereocenters. The molecule has 84 valence electrons. The molecule has 0 aliphatic carbocycles. The van der Waals surface area contributed by atoms with Crippen LogP contribution in [0, 0.1) is 6.92 Å². The Kier molecular flexibility index (Phi) is 4.23. The Bertz CT molecular complexity index is 338. The molecule has 1 aromatic heterocycles.